The zero-order valence-electron chi connectivity index (χ0n) is 15.5. The van der Waals surface area contributed by atoms with E-state index in [2.05, 4.69) is 5.32 Å². The highest BCUT2D eigenvalue weighted by Gasteiger charge is 2.11. The number of nitrogens with zero attached hydrogens (tertiary/aromatic N) is 1. The second-order valence-electron chi connectivity index (χ2n) is 6.40. The summed E-state index contributed by atoms with van der Waals surface area (Å²) in [6.45, 7) is 5.79. The average molecular weight is 371 g/mol. The molecule has 0 atom stereocenters. The van der Waals surface area contributed by atoms with Crippen molar-refractivity contribution in [2.45, 2.75) is 20.8 Å². The van der Waals surface area contributed by atoms with Gasteiger partial charge in [-0.05, 0) is 61.2 Å². The monoisotopic (exact) mass is 370 g/mol. The summed E-state index contributed by atoms with van der Waals surface area (Å²) < 4.78 is 0. The minimum atomic E-state index is -0.252. The number of hydrogen-bond donors (Lipinski definition) is 1. The molecule has 0 saturated heterocycles. The van der Waals surface area contributed by atoms with Crippen LogP contribution in [0, 0.1) is 20.8 Å². The third-order valence-corrected chi connectivity index (χ3v) is 4.45. The summed E-state index contributed by atoms with van der Waals surface area (Å²) in [4.78, 5) is 25.8. The lowest BCUT2D eigenvalue weighted by molar-refractivity contribution is -0.129. The van der Waals surface area contributed by atoms with Gasteiger partial charge in [0.1, 0.15) is 0 Å². The van der Waals surface area contributed by atoms with E-state index in [-0.39, 0.29) is 18.4 Å². The van der Waals surface area contributed by atoms with Gasteiger partial charge in [-0.25, -0.2) is 0 Å². The van der Waals surface area contributed by atoms with Crippen LogP contribution in [0.5, 0.6) is 0 Å². The van der Waals surface area contributed by atoms with Crippen molar-refractivity contribution in [1.82, 2.24) is 4.90 Å². The van der Waals surface area contributed by atoms with Crippen molar-refractivity contribution in [1.29, 1.82) is 0 Å². The number of carbonyl (C=O) groups is 2. The Morgan fingerprint density at radius 1 is 1.08 bits per heavy atom. The van der Waals surface area contributed by atoms with Crippen LogP contribution in [0.1, 0.15) is 22.3 Å². The number of hydrogen-bond acceptors (Lipinski definition) is 2. The first-order valence-corrected chi connectivity index (χ1v) is 8.70. The fraction of sp³-hybridized carbons (Fsp3) is 0.238. The van der Waals surface area contributed by atoms with Gasteiger partial charge in [-0.15, -0.1) is 0 Å². The first-order valence-electron chi connectivity index (χ1n) is 8.32. The highest BCUT2D eigenvalue weighted by molar-refractivity contribution is 6.31. The van der Waals surface area contributed by atoms with E-state index in [0.29, 0.717) is 5.02 Å². The minimum Gasteiger partial charge on any atom is -0.333 e. The quantitative estimate of drug-likeness (QED) is 0.794. The molecule has 2 aromatic carbocycles. The number of aryl methyl sites for hydroxylation is 3. The Balaban J connectivity index is 1.95. The number of benzene rings is 2. The number of amides is 2. The van der Waals surface area contributed by atoms with Gasteiger partial charge in [0, 0.05) is 23.8 Å². The van der Waals surface area contributed by atoms with Crippen LogP contribution in [-0.4, -0.2) is 30.3 Å². The lowest BCUT2D eigenvalue weighted by atomic mass is 10.1. The molecule has 0 spiro atoms. The smallest absolute Gasteiger partial charge is 0.246 e. The summed E-state index contributed by atoms with van der Waals surface area (Å²) in [5.41, 5.74) is 4.63. The van der Waals surface area contributed by atoms with E-state index >= 15 is 0 Å². The first kappa shape index (κ1) is 19.7. The Morgan fingerprint density at radius 3 is 2.46 bits per heavy atom. The van der Waals surface area contributed by atoms with Gasteiger partial charge in [0.15, 0.2) is 0 Å². The number of likely N-dealkylation sites (N-methyl/N-ethyl adjacent to an activating group) is 1. The van der Waals surface area contributed by atoms with Crippen molar-refractivity contribution in [3.63, 3.8) is 0 Å². The Labute approximate surface area is 159 Å². The van der Waals surface area contributed by atoms with Crippen molar-refractivity contribution in [2.24, 2.45) is 0 Å². The summed E-state index contributed by atoms with van der Waals surface area (Å²) >= 11 is 6.08. The van der Waals surface area contributed by atoms with E-state index in [9.17, 15) is 9.59 Å². The Morgan fingerprint density at radius 2 is 1.77 bits per heavy atom. The van der Waals surface area contributed by atoms with E-state index in [0.717, 1.165) is 27.9 Å². The Bertz CT molecular complexity index is 859. The predicted octanol–water partition coefficient (Wildman–Crippen LogP) is 4.38. The largest absolute Gasteiger partial charge is 0.333 e. The van der Waals surface area contributed by atoms with Gasteiger partial charge in [0.05, 0.1) is 6.54 Å². The van der Waals surface area contributed by atoms with Crippen molar-refractivity contribution < 1.29 is 9.59 Å². The molecule has 0 unspecified atom stereocenters. The van der Waals surface area contributed by atoms with Gasteiger partial charge in [-0.2, -0.15) is 0 Å². The van der Waals surface area contributed by atoms with Gasteiger partial charge in [-0.1, -0.05) is 35.9 Å². The van der Waals surface area contributed by atoms with Gasteiger partial charge in [-0.3, -0.25) is 9.59 Å². The van der Waals surface area contributed by atoms with Crippen LogP contribution in [0.4, 0.5) is 5.69 Å². The standard InChI is InChI=1S/C21H23ClN2O2/c1-14-5-6-16(3)19(11-14)23-20(25)13-24(4)21(26)10-9-17-8-7-15(2)18(22)12-17/h5-12H,13H2,1-4H3,(H,23,25)/b10-9+. The molecule has 4 nitrogen and oxygen atoms in total. The molecule has 0 bridgehead atoms. The van der Waals surface area contributed by atoms with Crippen molar-refractivity contribution >= 4 is 35.2 Å². The molecule has 136 valence electrons. The summed E-state index contributed by atoms with van der Waals surface area (Å²) in [7, 11) is 1.59. The van der Waals surface area contributed by atoms with Crippen LogP contribution in [0.15, 0.2) is 42.5 Å². The van der Waals surface area contributed by atoms with E-state index < -0.39 is 0 Å². The minimum absolute atomic E-state index is 0.0226. The topological polar surface area (TPSA) is 49.4 Å². The average Bonchev–Trinajstić information content (AvgIpc) is 2.58. The van der Waals surface area contributed by atoms with Gasteiger partial charge >= 0.3 is 0 Å². The van der Waals surface area contributed by atoms with Crippen molar-refractivity contribution in [3.05, 3.63) is 69.8 Å². The molecule has 0 aliphatic heterocycles. The zero-order valence-corrected chi connectivity index (χ0v) is 16.2. The maximum absolute atomic E-state index is 12.2. The molecule has 0 aliphatic rings. The number of anilines is 1. The molecule has 0 saturated carbocycles. The highest BCUT2D eigenvalue weighted by Crippen LogP contribution is 2.18. The van der Waals surface area contributed by atoms with Crippen molar-refractivity contribution in [2.75, 3.05) is 18.9 Å². The van der Waals surface area contributed by atoms with E-state index in [1.807, 2.05) is 51.1 Å². The fourth-order valence-corrected chi connectivity index (χ4v) is 2.55. The van der Waals surface area contributed by atoms with Crippen LogP contribution in [0.3, 0.4) is 0 Å². The SMILES string of the molecule is Cc1ccc(C)c(NC(=O)CN(C)C(=O)/C=C/c2ccc(C)c(Cl)c2)c1. The summed E-state index contributed by atoms with van der Waals surface area (Å²) in [5.74, 6) is -0.487. The maximum Gasteiger partial charge on any atom is 0.246 e. The number of nitrogens with one attached hydrogen (secondary N) is 1. The van der Waals surface area contributed by atoms with Crippen molar-refractivity contribution in [3.8, 4) is 0 Å². The number of halogens is 1. The first-order chi connectivity index (χ1) is 12.3. The molecular formula is C21H23ClN2O2. The van der Waals surface area contributed by atoms with Crippen LogP contribution in [0.25, 0.3) is 6.08 Å². The second kappa shape index (κ2) is 8.68. The van der Waals surface area contributed by atoms with Crippen LogP contribution < -0.4 is 5.32 Å². The van der Waals surface area contributed by atoms with Crippen LogP contribution in [0.2, 0.25) is 5.02 Å². The fourth-order valence-electron chi connectivity index (χ4n) is 2.36. The molecule has 0 aliphatic carbocycles. The summed E-state index contributed by atoms with van der Waals surface area (Å²) in [6, 6.07) is 11.4. The normalized spacial score (nSPS) is 10.8. The Hall–Kier alpha value is -2.59. The molecule has 1 N–H and O–H groups in total. The zero-order chi connectivity index (χ0) is 19.3. The molecule has 0 aromatic heterocycles. The lowest BCUT2D eigenvalue weighted by Gasteiger charge is -2.16. The van der Waals surface area contributed by atoms with Crippen LogP contribution >= 0.6 is 11.6 Å². The molecule has 0 radical (unpaired) electrons. The molecule has 2 amide bonds. The molecule has 0 fully saturated rings. The third-order valence-electron chi connectivity index (χ3n) is 4.04. The highest BCUT2D eigenvalue weighted by atomic mass is 35.5. The second-order valence-corrected chi connectivity index (χ2v) is 6.81. The van der Waals surface area contributed by atoms with Gasteiger partial charge in [0.25, 0.3) is 0 Å². The molecule has 26 heavy (non-hydrogen) atoms. The lowest BCUT2D eigenvalue weighted by Crippen LogP contribution is -2.34. The third kappa shape index (κ3) is 5.46. The molecule has 5 heteroatoms. The Kier molecular flexibility index (Phi) is 6.58. The molecule has 2 aromatic rings. The van der Waals surface area contributed by atoms with E-state index in [4.69, 9.17) is 11.6 Å². The molecule has 2 rings (SSSR count). The number of carbonyl (C=O) groups excluding carboxylic acids is 2. The molecule has 0 heterocycles. The predicted molar refractivity (Wildman–Crippen MR) is 107 cm³/mol. The summed E-state index contributed by atoms with van der Waals surface area (Å²) in [5, 5.41) is 3.50. The van der Waals surface area contributed by atoms with E-state index in [1.165, 1.54) is 11.0 Å². The maximum atomic E-state index is 12.2. The number of rotatable bonds is 5. The van der Waals surface area contributed by atoms with Crippen LogP contribution in [-0.2, 0) is 9.59 Å². The van der Waals surface area contributed by atoms with E-state index in [1.54, 1.807) is 19.2 Å². The summed E-state index contributed by atoms with van der Waals surface area (Å²) in [6.07, 6.45) is 3.12. The van der Waals surface area contributed by atoms with Gasteiger partial charge in [0.2, 0.25) is 11.8 Å². The van der Waals surface area contributed by atoms with Gasteiger partial charge < -0.3 is 10.2 Å². The molecular weight excluding hydrogens is 348 g/mol.